The maximum Gasteiger partial charge on any atom is 0.229 e. The summed E-state index contributed by atoms with van der Waals surface area (Å²) in [5, 5.41) is 15.4. The average Bonchev–Trinajstić information content (AvgIpc) is 3.13. The van der Waals surface area contributed by atoms with Crippen LogP contribution in [0.4, 0.5) is 21.8 Å². The molecule has 1 aliphatic heterocycles. The van der Waals surface area contributed by atoms with E-state index in [0.717, 1.165) is 43.9 Å². The zero-order valence-electron chi connectivity index (χ0n) is 15.1. The van der Waals surface area contributed by atoms with Crippen molar-refractivity contribution >= 4 is 17.5 Å². The van der Waals surface area contributed by atoms with Crippen LogP contribution < -0.4 is 15.5 Å². The first-order valence-electron chi connectivity index (χ1n) is 8.89. The summed E-state index contributed by atoms with van der Waals surface area (Å²) in [4.78, 5) is 11.5. The number of nitrogens with zero attached hydrogens (tertiary/aromatic N) is 4. The molecule has 3 rings (SSSR count). The summed E-state index contributed by atoms with van der Waals surface area (Å²) < 4.78 is 13.5. The van der Waals surface area contributed by atoms with Crippen LogP contribution in [0.25, 0.3) is 0 Å². The quantitative estimate of drug-likeness (QED) is 0.830. The first-order valence-corrected chi connectivity index (χ1v) is 8.89. The van der Waals surface area contributed by atoms with Crippen LogP contribution in [0.15, 0.2) is 24.3 Å². The second-order valence-corrected chi connectivity index (χ2v) is 6.44. The Morgan fingerprint density at radius 1 is 1.35 bits per heavy atom. The van der Waals surface area contributed by atoms with Crippen LogP contribution in [0.2, 0.25) is 0 Å². The van der Waals surface area contributed by atoms with Gasteiger partial charge < -0.3 is 15.5 Å². The Kier molecular flexibility index (Phi) is 5.64. The molecule has 1 aromatic carbocycles. The molecule has 2 N–H and O–H groups in total. The number of halogens is 1. The predicted octanol–water partition coefficient (Wildman–Crippen LogP) is 2.98. The maximum absolute atomic E-state index is 13.5. The van der Waals surface area contributed by atoms with Gasteiger partial charge in [0.05, 0.1) is 5.56 Å². The minimum Gasteiger partial charge on any atom is -0.355 e. The van der Waals surface area contributed by atoms with Crippen LogP contribution in [-0.4, -0.2) is 36.1 Å². The fourth-order valence-corrected chi connectivity index (χ4v) is 3.11. The van der Waals surface area contributed by atoms with Gasteiger partial charge in [-0.2, -0.15) is 10.2 Å². The van der Waals surface area contributed by atoms with Crippen molar-refractivity contribution in [3.05, 3.63) is 41.3 Å². The van der Waals surface area contributed by atoms with E-state index in [0.29, 0.717) is 17.7 Å². The van der Waals surface area contributed by atoms with Crippen molar-refractivity contribution < 1.29 is 4.39 Å². The first kappa shape index (κ1) is 18.1. The van der Waals surface area contributed by atoms with Gasteiger partial charge in [-0.05, 0) is 38.1 Å². The van der Waals surface area contributed by atoms with Crippen molar-refractivity contribution in [3.8, 4) is 6.07 Å². The summed E-state index contributed by atoms with van der Waals surface area (Å²) in [6.45, 7) is 3.97. The molecule has 0 radical (unpaired) electrons. The lowest BCUT2D eigenvalue weighted by atomic mass is 10.2. The number of nitrogens with one attached hydrogen (secondary N) is 2. The molecule has 1 aliphatic rings. The van der Waals surface area contributed by atoms with E-state index in [1.54, 1.807) is 6.07 Å². The van der Waals surface area contributed by atoms with E-state index in [4.69, 9.17) is 5.26 Å². The van der Waals surface area contributed by atoms with E-state index in [1.165, 1.54) is 12.1 Å². The monoisotopic (exact) mass is 354 g/mol. The highest BCUT2D eigenvalue weighted by Crippen LogP contribution is 2.23. The van der Waals surface area contributed by atoms with Crippen LogP contribution in [0, 0.1) is 17.1 Å². The van der Waals surface area contributed by atoms with E-state index < -0.39 is 5.82 Å². The number of hydrogen-bond donors (Lipinski definition) is 2. The van der Waals surface area contributed by atoms with E-state index >= 15 is 0 Å². The predicted molar refractivity (Wildman–Crippen MR) is 100 cm³/mol. The van der Waals surface area contributed by atoms with Crippen molar-refractivity contribution in [2.24, 2.45) is 0 Å². The minimum absolute atomic E-state index is 0.00339. The van der Waals surface area contributed by atoms with Crippen molar-refractivity contribution in [2.45, 2.75) is 32.2 Å². The summed E-state index contributed by atoms with van der Waals surface area (Å²) in [6, 6.07) is 8.68. The van der Waals surface area contributed by atoms with Gasteiger partial charge in [-0.3, -0.25) is 0 Å². The van der Waals surface area contributed by atoms with Crippen molar-refractivity contribution in [1.82, 2.24) is 15.3 Å². The summed E-state index contributed by atoms with van der Waals surface area (Å²) in [7, 11) is 1.98. The summed E-state index contributed by atoms with van der Waals surface area (Å²) in [5.74, 6) is 0.829. The van der Waals surface area contributed by atoms with E-state index in [-0.39, 0.29) is 5.56 Å². The Morgan fingerprint density at radius 3 is 2.88 bits per heavy atom. The molecule has 1 aromatic heterocycles. The molecule has 6 nitrogen and oxygen atoms in total. The smallest absolute Gasteiger partial charge is 0.229 e. The van der Waals surface area contributed by atoms with Gasteiger partial charge in [0.25, 0.3) is 0 Å². The normalized spacial score (nSPS) is 16.5. The number of aryl methyl sites for hydroxylation is 1. The first-order chi connectivity index (χ1) is 12.6. The molecular weight excluding hydrogens is 331 g/mol. The molecule has 136 valence electrons. The van der Waals surface area contributed by atoms with Crippen molar-refractivity contribution in [1.29, 1.82) is 5.26 Å². The van der Waals surface area contributed by atoms with Gasteiger partial charge in [-0.15, -0.1) is 0 Å². The Balaban J connectivity index is 1.87. The molecule has 26 heavy (non-hydrogen) atoms. The summed E-state index contributed by atoms with van der Waals surface area (Å²) in [6.07, 6.45) is 2.93. The lowest BCUT2D eigenvalue weighted by Gasteiger charge is -2.19. The Hall–Kier alpha value is -2.72. The number of hydrogen-bond acceptors (Lipinski definition) is 6. The fourth-order valence-electron chi connectivity index (χ4n) is 3.11. The minimum atomic E-state index is -0.533. The van der Waals surface area contributed by atoms with Gasteiger partial charge in [0.2, 0.25) is 5.95 Å². The van der Waals surface area contributed by atoms with Gasteiger partial charge in [0.15, 0.2) is 0 Å². The topological polar surface area (TPSA) is 76.9 Å². The third-order valence-electron chi connectivity index (χ3n) is 4.54. The van der Waals surface area contributed by atoms with Crippen LogP contribution in [0.5, 0.6) is 0 Å². The zero-order chi connectivity index (χ0) is 18.5. The van der Waals surface area contributed by atoms with Gasteiger partial charge in [0, 0.05) is 36.6 Å². The van der Waals surface area contributed by atoms with Gasteiger partial charge in [-0.1, -0.05) is 13.3 Å². The highest BCUT2D eigenvalue weighted by Gasteiger charge is 2.23. The molecular formula is C19H23FN6. The van der Waals surface area contributed by atoms with Crippen LogP contribution >= 0.6 is 0 Å². The molecule has 0 bridgehead atoms. The lowest BCUT2D eigenvalue weighted by Crippen LogP contribution is -2.30. The second-order valence-electron chi connectivity index (χ2n) is 6.44. The number of anilines is 3. The van der Waals surface area contributed by atoms with Crippen LogP contribution in [0.1, 0.15) is 31.0 Å². The zero-order valence-corrected chi connectivity index (χ0v) is 15.1. The van der Waals surface area contributed by atoms with E-state index in [9.17, 15) is 4.39 Å². The van der Waals surface area contributed by atoms with Gasteiger partial charge in [-0.25, -0.2) is 9.37 Å². The Bertz CT molecular complexity index is 816. The average molecular weight is 354 g/mol. The summed E-state index contributed by atoms with van der Waals surface area (Å²) >= 11 is 0. The molecule has 2 aromatic rings. The van der Waals surface area contributed by atoms with E-state index in [2.05, 4.69) is 32.4 Å². The van der Waals surface area contributed by atoms with Crippen molar-refractivity contribution in [3.63, 3.8) is 0 Å². The molecule has 1 atom stereocenters. The standard InChI is InChI=1S/C19H23FN6/c1-3-4-14-10-18(26-8-7-16(12-26)22-2)25-19(23-14)24-15-5-6-17(20)13(9-15)11-21/h5-6,9-10,16,22H,3-4,7-8,12H2,1-2H3,(H,23,24,25)/t16-/m0/s1. The third kappa shape index (κ3) is 4.09. The summed E-state index contributed by atoms with van der Waals surface area (Å²) in [5.41, 5.74) is 1.56. The SMILES string of the molecule is CCCc1cc(N2CC[C@H](NC)C2)nc(Nc2ccc(F)c(C#N)c2)n1. The molecule has 1 saturated heterocycles. The highest BCUT2D eigenvalue weighted by atomic mass is 19.1. The van der Waals surface area contributed by atoms with Crippen LogP contribution in [0.3, 0.4) is 0 Å². The van der Waals surface area contributed by atoms with E-state index in [1.807, 2.05) is 19.2 Å². The molecule has 0 aliphatic carbocycles. The van der Waals surface area contributed by atoms with Gasteiger partial charge in [0.1, 0.15) is 17.7 Å². The largest absolute Gasteiger partial charge is 0.355 e. The Labute approximate surface area is 153 Å². The Morgan fingerprint density at radius 2 is 2.19 bits per heavy atom. The number of likely N-dealkylation sites (N-methyl/N-ethyl adjacent to an activating group) is 1. The number of rotatable bonds is 6. The molecule has 2 heterocycles. The maximum atomic E-state index is 13.5. The molecule has 0 unspecified atom stereocenters. The molecule has 7 heteroatoms. The molecule has 0 amide bonds. The van der Waals surface area contributed by atoms with Crippen LogP contribution in [-0.2, 0) is 6.42 Å². The third-order valence-corrected chi connectivity index (χ3v) is 4.54. The van der Waals surface area contributed by atoms with Crippen molar-refractivity contribution in [2.75, 3.05) is 30.4 Å². The number of benzene rings is 1. The lowest BCUT2D eigenvalue weighted by molar-refractivity contribution is 0.616. The number of aromatic nitrogens is 2. The molecule has 0 spiro atoms. The number of nitriles is 1. The second kappa shape index (κ2) is 8.11. The molecule has 0 saturated carbocycles. The van der Waals surface area contributed by atoms with Gasteiger partial charge >= 0.3 is 0 Å². The molecule has 1 fully saturated rings. The fraction of sp³-hybridized carbons (Fsp3) is 0.421. The highest BCUT2D eigenvalue weighted by molar-refractivity contribution is 5.58.